The van der Waals surface area contributed by atoms with Crippen LogP contribution in [-0.2, 0) is 6.54 Å². The van der Waals surface area contributed by atoms with E-state index >= 15 is 0 Å². The number of hydrogen-bond donors (Lipinski definition) is 0. The van der Waals surface area contributed by atoms with Gasteiger partial charge in [-0.25, -0.2) is 14.6 Å². The number of allylic oxidation sites excluding steroid dienone is 1. The largest absolute Gasteiger partial charge is 0.489 e. The van der Waals surface area contributed by atoms with Gasteiger partial charge in [-0.15, -0.1) is 5.10 Å². The lowest BCUT2D eigenvalue weighted by atomic mass is 10.1. The predicted molar refractivity (Wildman–Crippen MR) is 127 cm³/mol. The Morgan fingerprint density at radius 2 is 2.06 bits per heavy atom. The summed E-state index contributed by atoms with van der Waals surface area (Å²) in [6.45, 7) is 3.08. The second-order valence-electron chi connectivity index (χ2n) is 7.78. The molecule has 3 aromatic rings. The highest BCUT2D eigenvalue weighted by molar-refractivity contribution is 7.80. The van der Waals surface area contributed by atoms with Gasteiger partial charge in [0.2, 0.25) is 11.6 Å². The zero-order valence-corrected chi connectivity index (χ0v) is 19.0. The molecule has 0 bridgehead atoms. The summed E-state index contributed by atoms with van der Waals surface area (Å²) in [5.41, 5.74) is 2.33. The quantitative estimate of drug-likeness (QED) is 0.308. The van der Waals surface area contributed by atoms with Crippen LogP contribution in [0.4, 0.5) is 5.82 Å². The Kier molecular flexibility index (Phi) is 6.70. The van der Waals surface area contributed by atoms with Crippen molar-refractivity contribution in [3.05, 3.63) is 78.0 Å². The minimum atomic E-state index is -0.0780. The summed E-state index contributed by atoms with van der Waals surface area (Å²) in [7, 11) is 1.89. The molecule has 1 aliphatic heterocycles. The van der Waals surface area contributed by atoms with Crippen molar-refractivity contribution in [3.8, 4) is 5.75 Å². The number of hydrogen-bond acceptors (Lipinski definition) is 6. The molecule has 1 aliphatic rings. The number of pyridine rings is 1. The van der Waals surface area contributed by atoms with Gasteiger partial charge < -0.3 is 9.64 Å². The average molecular weight is 448 g/mol. The SMILES string of the molecule is Cc1ccc(Cn2cnc(C(=O)CC/C=C/[C@H]3COc4cccnc4N(C)C3=S)n2)cc1. The molecule has 0 spiro atoms. The first kappa shape index (κ1) is 21.8. The van der Waals surface area contributed by atoms with E-state index in [4.69, 9.17) is 17.0 Å². The van der Waals surface area contributed by atoms with Crippen molar-refractivity contribution in [1.82, 2.24) is 19.7 Å². The molecule has 0 fully saturated rings. The third-order valence-corrected chi connectivity index (χ3v) is 5.87. The Balaban J connectivity index is 1.30. The lowest BCUT2D eigenvalue weighted by Gasteiger charge is -2.19. The molecule has 0 aliphatic carbocycles. The molecule has 8 heteroatoms. The maximum absolute atomic E-state index is 12.5. The van der Waals surface area contributed by atoms with Gasteiger partial charge in [-0.3, -0.25) is 4.79 Å². The van der Waals surface area contributed by atoms with Crippen LogP contribution in [0.5, 0.6) is 5.75 Å². The summed E-state index contributed by atoms with van der Waals surface area (Å²) in [5, 5.41) is 4.33. The predicted octanol–water partition coefficient (Wildman–Crippen LogP) is 4.02. The molecule has 1 atom stereocenters. The lowest BCUT2D eigenvalue weighted by Crippen LogP contribution is -2.31. The third kappa shape index (κ3) is 5.08. The highest BCUT2D eigenvalue weighted by atomic mass is 32.1. The highest BCUT2D eigenvalue weighted by Crippen LogP contribution is 2.29. The maximum atomic E-state index is 12.5. The minimum Gasteiger partial charge on any atom is -0.489 e. The molecule has 4 rings (SSSR count). The van der Waals surface area contributed by atoms with Crippen molar-refractivity contribution in [2.45, 2.75) is 26.3 Å². The van der Waals surface area contributed by atoms with Gasteiger partial charge in [0, 0.05) is 19.7 Å². The van der Waals surface area contributed by atoms with Gasteiger partial charge >= 0.3 is 0 Å². The van der Waals surface area contributed by atoms with Gasteiger partial charge in [-0.05, 0) is 31.0 Å². The monoisotopic (exact) mass is 447 g/mol. The summed E-state index contributed by atoms with van der Waals surface area (Å²) in [4.78, 5) is 23.6. The molecule has 0 saturated heterocycles. The van der Waals surface area contributed by atoms with E-state index in [0.717, 1.165) is 22.1 Å². The zero-order valence-electron chi connectivity index (χ0n) is 18.1. The van der Waals surface area contributed by atoms with Crippen molar-refractivity contribution in [3.63, 3.8) is 0 Å². The topological polar surface area (TPSA) is 73.1 Å². The number of ether oxygens (including phenoxy) is 1. The Bertz CT molecular complexity index is 1140. The van der Waals surface area contributed by atoms with Crippen LogP contribution >= 0.6 is 12.2 Å². The molecule has 0 N–H and O–H groups in total. The molecule has 1 aromatic carbocycles. The number of anilines is 1. The number of benzene rings is 1. The van der Waals surface area contributed by atoms with E-state index in [0.29, 0.717) is 26.0 Å². The number of fused-ring (bicyclic) bond motifs is 1. The van der Waals surface area contributed by atoms with Crippen LogP contribution in [-0.4, -0.2) is 44.2 Å². The van der Waals surface area contributed by atoms with Gasteiger partial charge in [0.15, 0.2) is 11.6 Å². The number of Topliss-reactive ketones (excluding diaryl/α,β-unsaturated/α-hetero) is 1. The summed E-state index contributed by atoms with van der Waals surface area (Å²) >= 11 is 5.62. The molecule has 164 valence electrons. The molecule has 3 heterocycles. The van der Waals surface area contributed by atoms with Crippen LogP contribution in [0, 0.1) is 12.8 Å². The molecule has 0 radical (unpaired) electrons. The average Bonchev–Trinajstić information content (AvgIpc) is 3.23. The van der Waals surface area contributed by atoms with Crippen LogP contribution in [0.2, 0.25) is 0 Å². The van der Waals surface area contributed by atoms with E-state index in [-0.39, 0.29) is 17.5 Å². The summed E-state index contributed by atoms with van der Waals surface area (Å²) in [6.07, 6.45) is 8.22. The van der Waals surface area contributed by atoms with E-state index < -0.39 is 0 Å². The molecular formula is C24H25N5O2S. The van der Waals surface area contributed by atoms with E-state index in [9.17, 15) is 4.79 Å². The zero-order chi connectivity index (χ0) is 22.5. The normalized spacial score (nSPS) is 16.0. The van der Waals surface area contributed by atoms with Gasteiger partial charge in [0.1, 0.15) is 12.9 Å². The fourth-order valence-corrected chi connectivity index (χ4v) is 3.69. The molecule has 2 aromatic heterocycles. The first-order valence-electron chi connectivity index (χ1n) is 10.5. The van der Waals surface area contributed by atoms with Gasteiger partial charge in [0.05, 0.1) is 17.5 Å². The molecule has 32 heavy (non-hydrogen) atoms. The van der Waals surface area contributed by atoms with Crippen molar-refractivity contribution in [2.24, 2.45) is 5.92 Å². The van der Waals surface area contributed by atoms with Crippen LogP contribution in [0.25, 0.3) is 0 Å². The number of carbonyl (C=O) groups excluding carboxylic acids is 1. The smallest absolute Gasteiger partial charge is 0.217 e. The Morgan fingerprint density at radius 3 is 2.88 bits per heavy atom. The van der Waals surface area contributed by atoms with Crippen molar-refractivity contribution < 1.29 is 9.53 Å². The number of ketones is 1. The Hall–Kier alpha value is -3.39. The van der Waals surface area contributed by atoms with Crippen molar-refractivity contribution >= 4 is 28.8 Å². The van der Waals surface area contributed by atoms with Crippen molar-refractivity contribution in [2.75, 3.05) is 18.6 Å². The summed E-state index contributed by atoms with van der Waals surface area (Å²) in [5.74, 6) is 1.54. The number of carbonyl (C=O) groups is 1. The first-order valence-corrected chi connectivity index (χ1v) is 10.9. The van der Waals surface area contributed by atoms with Crippen LogP contribution in [0.3, 0.4) is 0 Å². The summed E-state index contributed by atoms with van der Waals surface area (Å²) < 4.78 is 7.57. The number of thiocarbonyl (C=S) groups is 1. The van der Waals surface area contributed by atoms with E-state index in [2.05, 4.69) is 46.3 Å². The first-order chi connectivity index (χ1) is 15.5. The van der Waals surface area contributed by atoms with Crippen molar-refractivity contribution in [1.29, 1.82) is 0 Å². The lowest BCUT2D eigenvalue weighted by molar-refractivity contribution is 0.0973. The van der Waals surface area contributed by atoms with Crippen LogP contribution < -0.4 is 9.64 Å². The van der Waals surface area contributed by atoms with E-state index in [1.165, 1.54) is 5.56 Å². The highest BCUT2D eigenvalue weighted by Gasteiger charge is 2.25. The van der Waals surface area contributed by atoms with Gasteiger partial charge in [-0.1, -0.05) is 54.2 Å². The van der Waals surface area contributed by atoms with Gasteiger partial charge in [-0.2, -0.15) is 0 Å². The number of nitrogens with zero attached hydrogens (tertiary/aromatic N) is 5. The van der Waals surface area contributed by atoms with E-state index in [1.54, 1.807) is 17.2 Å². The molecule has 0 amide bonds. The second kappa shape index (κ2) is 9.82. The molecule has 0 unspecified atom stereocenters. The van der Waals surface area contributed by atoms with Crippen LogP contribution in [0.1, 0.15) is 34.6 Å². The Morgan fingerprint density at radius 1 is 1.25 bits per heavy atom. The van der Waals surface area contributed by atoms with Gasteiger partial charge in [0.25, 0.3) is 0 Å². The minimum absolute atomic E-state index is 0.0638. The van der Waals surface area contributed by atoms with E-state index in [1.807, 2.05) is 36.2 Å². The summed E-state index contributed by atoms with van der Waals surface area (Å²) in [6, 6.07) is 11.9. The second-order valence-corrected chi connectivity index (χ2v) is 8.20. The third-order valence-electron chi connectivity index (χ3n) is 5.29. The number of aromatic nitrogens is 4. The van der Waals surface area contributed by atoms with Crippen LogP contribution in [0.15, 0.2) is 61.1 Å². The molecule has 0 saturated carbocycles. The number of aryl methyl sites for hydroxylation is 1. The standard InChI is InChI=1S/C24H25N5O2S/c1-17-9-11-18(12-10-17)14-29-16-26-22(27-29)20(30)7-4-3-6-19-15-31-21-8-5-13-25-23(21)28(2)24(19)32/h3,5-6,8-13,16,19H,4,7,14-15H2,1-2H3/b6-3+/t19-/m0/s1. The molecular weight excluding hydrogens is 422 g/mol. The number of rotatable bonds is 7. The fraction of sp³-hybridized carbons (Fsp3) is 0.292. The Labute approximate surface area is 192 Å². The fourth-order valence-electron chi connectivity index (χ4n) is 3.45. The maximum Gasteiger partial charge on any atom is 0.217 e. The molecule has 7 nitrogen and oxygen atoms in total.